The van der Waals surface area contributed by atoms with Crippen LogP contribution in [-0.4, -0.2) is 19.5 Å². The Morgan fingerprint density at radius 3 is 2.38 bits per heavy atom. The monoisotopic (exact) mass is 369 g/mol. The molecule has 0 spiro atoms. The molecule has 0 fully saturated rings. The van der Waals surface area contributed by atoms with E-state index in [1.54, 1.807) is 30.3 Å². The summed E-state index contributed by atoms with van der Waals surface area (Å²) < 4.78 is 27.8. The number of hydrogen-bond donors (Lipinski definition) is 3. The number of oxime groups is 1. The molecular formula is C13H12BrN3O3S. The molecule has 2 rings (SSSR count). The summed E-state index contributed by atoms with van der Waals surface area (Å²) in [6.45, 7) is 0. The third kappa shape index (κ3) is 3.53. The molecule has 0 aliphatic rings. The van der Waals surface area contributed by atoms with Gasteiger partial charge >= 0.3 is 0 Å². The van der Waals surface area contributed by atoms with E-state index in [9.17, 15) is 8.42 Å². The van der Waals surface area contributed by atoms with Gasteiger partial charge in [-0.15, -0.1) is 0 Å². The zero-order valence-electron chi connectivity index (χ0n) is 10.7. The Morgan fingerprint density at radius 2 is 1.76 bits per heavy atom. The summed E-state index contributed by atoms with van der Waals surface area (Å²) in [6.07, 6.45) is 0. The van der Waals surface area contributed by atoms with Crippen LogP contribution in [0.5, 0.6) is 0 Å². The summed E-state index contributed by atoms with van der Waals surface area (Å²) >= 11 is 3.24. The number of benzene rings is 2. The Hall–Kier alpha value is -2.06. The molecule has 0 amide bonds. The second-order valence-corrected chi connectivity index (χ2v) is 6.69. The Balaban J connectivity index is 2.40. The lowest BCUT2D eigenvalue weighted by Gasteiger charge is -2.11. The molecule has 0 aromatic heterocycles. The quantitative estimate of drug-likeness (QED) is 0.333. The number of halogens is 1. The minimum Gasteiger partial charge on any atom is -0.409 e. The number of amidine groups is 1. The molecule has 0 heterocycles. The highest BCUT2D eigenvalue weighted by molar-refractivity contribution is 9.10. The molecule has 2 aromatic rings. The van der Waals surface area contributed by atoms with Gasteiger partial charge in [0.15, 0.2) is 5.84 Å². The molecule has 4 N–H and O–H groups in total. The molecule has 21 heavy (non-hydrogen) atoms. The van der Waals surface area contributed by atoms with Gasteiger partial charge in [0.25, 0.3) is 10.0 Å². The average molecular weight is 370 g/mol. The van der Waals surface area contributed by atoms with Crippen molar-refractivity contribution in [2.75, 3.05) is 4.72 Å². The van der Waals surface area contributed by atoms with Crippen molar-refractivity contribution in [2.45, 2.75) is 4.90 Å². The number of nitrogens with zero attached hydrogens (tertiary/aromatic N) is 1. The Bertz CT molecular complexity index is 774. The molecule has 0 saturated heterocycles. The Morgan fingerprint density at radius 1 is 1.14 bits per heavy atom. The van der Waals surface area contributed by atoms with Crippen LogP contribution in [0.2, 0.25) is 0 Å². The van der Waals surface area contributed by atoms with Gasteiger partial charge in [-0.2, -0.15) is 0 Å². The fraction of sp³-hybridized carbons (Fsp3) is 0. The van der Waals surface area contributed by atoms with Crippen molar-refractivity contribution in [1.82, 2.24) is 0 Å². The van der Waals surface area contributed by atoms with E-state index in [1.807, 2.05) is 0 Å². The number of hydrogen-bond acceptors (Lipinski definition) is 4. The summed E-state index contributed by atoms with van der Waals surface area (Å²) in [7, 11) is -3.76. The van der Waals surface area contributed by atoms with Gasteiger partial charge in [0.2, 0.25) is 0 Å². The van der Waals surface area contributed by atoms with E-state index < -0.39 is 10.0 Å². The van der Waals surface area contributed by atoms with E-state index >= 15 is 0 Å². The fourth-order valence-electron chi connectivity index (χ4n) is 1.67. The number of nitrogens with two attached hydrogens (primary N) is 1. The van der Waals surface area contributed by atoms with Crippen molar-refractivity contribution in [1.29, 1.82) is 0 Å². The first-order valence-electron chi connectivity index (χ1n) is 5.79. The largest absolute Gasteiger partial charge is 0.409 e. The lowest BCUT2D eigenvalue weighted by atomic mass is 10.2. The van der Waals surface area contributed by atoms with Crippen molar-refractivity contribution >= 4 is 37.5 Å². The van der Waals surface area contributed by atoms with Crippen LogP contribution in [0, 0.1) is 0 Å². The summed E-state index contributed by atoms with van der Waals surface area (Å²) in [5.41, 5.74) is 6.06. The van der Waals surface area contributed by atoms with Crippen molar-refractivity contribution in [3.05, 3.63) is 58.6 Å². The van der Waals surface area contributed by atoms with Crippen LogP contribution < -0.4 is 10.5 Å². The SMILES string of the molecule is N/C(=N/O)c1ccccc1NS(=O)(=O)c1ccc(Br)cc1. The molecule has 0 aliphatic carbocycles. The van der Waals surface area contributed by atoms with Gasteiger partial charge in [0.1, 0.15) is 0 Å². The van der Waals surface area contributed by atoms with E-state index in [-0.39, 0.29) is 16.4 Å². The molecule has 2 aromatic carbocycles. The number of rotatable bonds is 4. The minimum atomic E-state index is -3.76. The molecule has 0 unspecified atom stereocenters. The fourth-order valence-corrected chi connectivity index (χ4v) is 3.01. The van der Waals surface area contributed by atoms with Gasteiger partial charge in [-0.05, 0) is 36.4 Å². The van der Waals surface area contributed by atoms with Gasteiger partial charge in [0.05, 0.1) is 10.6 Å². The predicted octanol–water partition coefficient (Wildman–Crippen LogP) is 2.34. The first-order chi connectivity index (χ1) is 9.94. The van der Waals surface area contributed by atoms with Gasteiger partial charge in [-0.1, -0.05) is 33.2 Å². The number of anilines is 1. The standard InChI is InChI=1S/C13H12BrN3O3S/c14-9-5-7-10(8-6-9)21(19,20)17-12-4-2-1-3-11(12)13(15)16-18/h1-8,17-18H,(H2,15,16). The second-order valence-electron chi connectivity index (χ2n) is 4.09. The Kier molecular flexibility index (Phi) is 4.49. The third-order valence-electron chi connectivity index (χ3n) is 2.68. The highest BCUT2D eigenvalue weighted by Crippen LogP contribution is 2.21. The van der Waals surface area contributed by atoms with Crippen molar-refractivity contribution in [2.24, 2.45) is 10.9 Å². The molecule has 0 saturated carbocycles. The van der Waals surface area contributed by atoms with Crippen LogP contribution in [0.4, 0.5) is 5.69 Å². The number of para-hydroxylation sites is 1. The molecule has 0 aliphatic heterocycles. The van der Waals surface area contributed by atoms with Crippen LogP contribution in [0.15, 0.2) is 63.1 Å². The predicted molar refractivity (Wildman–Crippen MR) is 83.9 cm³/mol. The van der Waals surface area contributed by atoms with Crippen LogP contribution in [-0.2, 0) is 10.0 Å². The normalized spacial score (nSPS) is 12.1. The van der Waals surface area contributed by atoms with E-state index in [0.717, 1.165) is 4.47 Å². The molecule has 8 heteroatoms. The first kappa shape index (κ1) is 15.3. The third-order valence-corrected chi connectivity index (χ3v) is 4.59. The first-order valence-corrected chi connectivity index (χ1v) is 8.07. The highest BCUT2D eigenvalue weighted by atomic mass is 79.9. The molecule has 6 nitrogen and oxygen atoms in total. The van der Waals surface area contributed by atoms with Gasteiger partial charge in [0, 0.05) is 10.0 Å². The zero-order chi connectivity index (χ0) is 15.5. The van der Waals surface area contributed by atoms with Gasteiger partial charge in [-0.25, -0.2) is 8.42 Å². The highest BCUT2D eigenvalue weighted by Gasteiger charge is 2.16. The number of nitrogens with one attached hydrogen (secondary N) is 1. The zero-order valence-corrected chi connectivity index (χ0v) is 13.1. The number of sulfonamides is 1. The van der Waals surface area contributed by atoms with E-state index in [1.165, 1.54) is 18.2 Å². The Labute approximate surface area is 130 Å². The summed E-state index contributed by atoms with van der Waals surface area (Å²) in [5.74, 6) is -0.177. The molecule has 0 atom stereocenters. The van der Waals surface area contributed by atoms with E-state index in [2.05, 4.69) is 25.8 Å². The maximum atomic E-state index is 12.3. The summed E-state index contributed by atoms with van der Waals surface area (Å²) in [5, 5.41) is 11.6. The van der Waals surface area contributed by atoms with Gasteiger partial charge in [-0.3, -0.25) is 4.72 Å². The summed E-state index contributed by atoms with van der Waals surface area (Å²) in [4.78, 5) is 0.111. The van der Waals surface area contributed by atoms with E-state index in [0.29, 0.717) is 5.56 Å². The molecule has 0 bridgehead atoms. The lowest BCUT2D eigenvalue weighted by Crippen LogP contribution is -2.19. The van der Waals surface area contributed by atoms with Crippen LogP contribution in [0.1, 0.15) is 5.56 Å². The van der Waals surface area contributed by atoms with Crippen molar-refractivity contribution < 1.29 is 13.6 Å². The maximum absolute atomic E-state index is 12.3. The minimum absolute atomic E-state index is 0.111. The topological polar surface area (TPSA) is 105 Å². The average Bonchev–Trinajstić information content (AvgIpc) is 2.47. The van der Waals surface area contributed by atoms with Crippen LogP contribution in [0.25, 0.3) is 0 Å². The molecule has 0 radical (unpaired) electrons. The molecule has 110 valence electrons. The van der Waals surface area contributed by atoms with Crippen LogP contribution in [0.3, 0.4) is 0 Å². The summed E-state index contributed by atoms with van der Waals surface area (Å²) in [6, 6.07) is 12.6. The lowest BCUT2D eigenvalue weighted by molar-refractivity contribution is 0.318. The maximum Gasteiger partial charge on any atom is 0.261 e. The van der Waals surface area contributed by atoms with Gasteiger partial charge < -0.3 is 10.9 Å². The van der Waals surface area contributed by atoms with Crippen LogP contribution >= 0.6 is 15.9 Å². The second kappa shape index (κ2) is 6.15. The van der Waals surface area contributed by atoms with Crippen molar-refractivity contribution in [3.8, 4) is 0 Å². The molecular weight excluding hydrogens is 358 g/mol. The smallest absolute Gasteiger partial charge is 0.261 e. The van der Waals surface area contributed by atoms with E-state index in [4.69, 9.17) is 10.9 Å². The van der Waals surface area contributed by atoms with Crippen molar-refractivity contribution in [3.63, 3.8) is 0 Å².